The fraction of sp³-hybridized carbons (Fsp3) is 0.0278. The number of hydrogen-bond acceptors (Lipinski definition) is 5. The van der Waals surface area contributed by atoms with Crippen molar-refractivity contribution < 1.29 is 0 Å². The van der Waals surface area contributed by atoms with E-state index in [9.17, 15) is 0 Å². The molecule has 194 valence electrons. The smallest absolute Gasteiger partial charge is 0.0795 e. The van der Waals surface area contributed by atoms with E-state index in [4.69, 9.17) is 15.0 Å². The molecule has 0 radical (unpaired) electrons. The van der Waals surface area contributed by atoms with Crippen LogP contribution in [0.1, 0.15) is 5.56 Å². The molecule has 4 heterocycles. The first-order valence-corrected chi connectivity index (χ1v) is 14.5. The van der Waals surface area contributed by atoms with E-state index in [1.165, 1.54) is 26.7 Å². The second-order valence-corrected chi connectivity index (χ2v) is 11.2. The van der Waals surface area contributed by atoms with E-state index >= 15 is 0 Å². The van der Waals surface area contributed by atoms with Gasteiger partial charge in [0.05, 0.1) is 33.8 Å². The molecule has 0 spiro atoms. The fourth-order valence-electron chi connectivity index (χ4n) is 5.71. The molecule has 0 bridgehead atoms. The van der Waals surface area contributed by atoms with E-state index < -0.39 is 0 Å². The van der Waals surface area contributed by atoms with Crippen LogP contribution in [0, 0.1) is 0 Å². The molecule has 0 saturated heterocycles. The first-order valence-electron chi connectivity index (χ1n) is 13.6. The van der Waals surface area contributed by atoms with Gasteiger partial charge in [0.15, 0.2) is 0 Å². The summed E-state index contributed by atoms with van der Waals surface area (Å²) in [7, 11) is 0. The van der Waals surface area contributed by atoms with Crippen LogP contribution in [0.4, 0.5) is 11.4 Å². The number of pyridine rings is 3. The molecule has 1 aliphatic rings. The molecular weight excluding hydrogens is 520 g/mol. The van der Waals surface area contributed by atoms with Crippen LogP contribution in [0.2, 0.25) is 0 Å². The maximum Gasteiger partial charge on any atom is 0.0795 e. The third-order valence-corrected chi connectivity index (χ3v) is 8.71. The van der Waals surface area contributed by atoms with E-state index in [0.29, 0.717) is 6.54 Å². The monoisotopic (exact) mass is 544 g/mol. The van der Waals surface area contributed by atoms with Gasteiger partial charge in [-0.05, 0) is 54.1 Å². The van der Waals surface area contributed by atoms with Crippen molar-refractivity contribution in [2.75, 3.05) is 4.90 Å². The highest BCUT2D eigenvalue weighted by Crippen LogP contribution is 2.48. The van der Waals surface area contributed by atoms with Crippen LogP contribution in [0.5, 0.6) is 0 Å². The number of hydrogen-bond donors (Lipinski definition) is 0. The number of fused-ring (bicyclic) bond motifs is 4. The highest BCUT2D eigenvalue weighted by molar-refractivity contribution is 7.99. The summed E-state index contributed by atoms with van der Waals surface area (Å²) < 4.78 is 0. The molecule has 0 atom stereocenters. The van der Waals surface area contributed by atoms with Gasteiger partial charge in [0, 0.05) is 50.6 Å². The van der Waals surface area contributed by atoms with Crippen molar-refractivity contribution in [2.24, 2.45) is 0 Å². The zero-order valence-electron chi connectivity index (χ0n) is 22.1. The van der Waals surface area contributed by atoms with E-state index in [-0.39, 0.29) is 0 Å². The van der Waals surface area contributed by atoms with Crippen molar-refractivity contribution in [3.63, 3.8) is 0 Å². The first kappa shape index (κ1) is 23.9. The van der Waals surface area contributed by atoms with E-state index in [2.05, 4.69) is 114 Å². The molecule has 0 N–H and O–H groups in total. The Morgan fingerprint density at radius 1 is 0.537 bits per heavy atom. The Morgan fingerprint density at radius 2 is 1.05 bits per heavy atom. The Hall–Kier alpha value is -5.00. The fourth-order valence-corrected chi connectivity index (χ4v) is 6.81. The van der Waals surface area contributed by atoms with Crippen LogP contribution in [0.3, 0.4) is 0 Å². The van der Waals surface area contributed by atoms with Gasteiger partial charge in [-0.25, -0.2) is 4.98 Å². The van der Waals surface area contributed by atoms with E-state index in [1.54, 1.807) is 0 Å². The Bertz CT molecular complexity index is 1930. The second kappa shape index (κ2) is 9.88. The minimum Gasteiger partial charge on any atom is -0.335 e. The van der Waals surface area contributed by atoms with Gasteiger partial charge in [-0.2, -0.15) is 0 Å². The molecule has 0 aliphatic carbocycles. The summed E-state index contributed by atoms with van der Waals surface area (Å²) in [5, 5.41) is 2.20. The van der Waals surface area contributed by atoms with Gasteiger partial charge in [-0.3, -0.25) is 9.97 Å². The summed E-state index contributed by atoms with van der Waals surface area (Å²) in [5.74, 6) is 0. The summed E-state index contributed by atoms with van der Waals surface area (Å²) in [4.78, 5) is 19.7. The highest BCUT2D eigenvalue weighted by Gasteiger charge is 2.24. The minimum atomic E-state index is 0.702. The summed E-state index contributed by atoms with van der Waals surface area (Å²) in [6.07, 6.45) is 3.70. The maximum atomic E-state index is 5.25. The normalized spacial score (nSPS) is 12.3. The van der Waals surface area contributed by atoms with Gasteiger partial charge < -0.3 is 4.90 Å². The number of anilines is 2. The summed E-state index contributed by atoms with van der Waals surface area (Å²) in [5.41, 5.74) is 9.36. The Kier molecular flexibility index (Phi) is 5.75. The third kappa shape index (κ3) is 4.22. The molecule has 0 saturated carbocycles. The molecule has 4 aromatic carbocycles. The average molecular weight is 545 g/mol. The van der Waals surface area contributed by atoms with Crippen molar-refractivity contribution in [1.29, 1.82) is 0 Å². The van der Waals surface area contributed by atoms with Crippen molar-refractivity contribution in [3.05, 3.63) is 139 Å². The van der Waals surface area contributed by atoms with Crippen LogP contribution in [0.15, 0.2) is 144 Å². The zero-order valence-corrected chi connectivity index (χ0v) is 22.9. The van der Waals surface area contributed by atoms with Crippen LogP contribution in [0.25, 0.3) is 44.3 Å². The van der Waals surface area contributed by atoms with Crippen molar-refractivity contribution >= 4 is 44.9 Å². The van der Waals surface area contributed by atoms with Gasteiger partial charge in [0.2, 0.25) is 0 Å². The average Bonchev–Trinajstić information content (AvgIpc) is 3.04. The third-order valence-electron chi connectivity index (χ3n) is 7.58. The molecule has 8 rings (SSSR count). The lowest BCUT2D eigenvalue weighted by atomic mass is 10.0. The molecule has 3 aromatic heterocycles. The molecule has 7 aromatic rings. The number of nitrogens with zero attached hydrogens (tertiary/aromatic N) is 4. The number of rotatable bonds is 4. The highest BCUT2D eigenvalue weighted by atomic mass is 32.2. The lowest BCUT2D eigenvalue weighted by Gasteiger charge is -2.33. The van der Waals surface area contributed by atoms with Crippen molar-refractivity contribution in [1.82, 2.24) is 15.0 Å². The van der Waals surface area contributed by atoms with Crippen LogP contribution < -0.4 is 4.90 Å². The number of benzene rings is 4. The summed E-state index contributed by atoms with van der Waals surface area (Å²) in [6.45, 7) is 0.702. The molecule has 4 nitrogen and oxygen atoms in total. The molecule has 41 heavy (non-hydrogen) atoms. The molecule has 1 aliphatic heterocycles. The zero-order chi connectivity index (χ0) is 27.2. The van der Waals surface area contributed by atoms with Gasteiger partial charge >= 0.3 is 0 Å². The Labute approximate surface area is 242 Å². The summed E-state index contributed by atoms with van der Waals surface area (Å²) in [6, 6.07) is 42.5. The van der Waals surface area contributed by atoms with Crippen molar-refractivity contribution in [3.8, 4) is 22.5 Å². The van der Waals surface area contributed by atoms with Gasteiger partial charge in [0.25, 0.3) is 0 Å². The molecular formula is C36H24N4S. The van der Waals surface area contributed by atoms with E-state index in [0.717, 1.165) is 44.3 Å². The second-order valence-electron chi connectivity index (χ2n) is 10.1. The van der Waals surface area contributed by atoms with Crippen LogP contribution in [-0.4, -0.2) is 15.0 Å². The summed E-state index contributed by atoms with van der Waals surface area (Å²) >= 11 is 1.83. The minimum absolute atomic E-state index is 0.702. The molecule has 5 heteroatoms. The SMILES string of the molecule is c1ccc2c(c1)Sc1ccccc1N2Cc1cc(-c2cccc3cccnc23)nc(-c2cccc3cccnc23)c1. The predicted octanol–water partition coefficient (Wildman–Crippen LogP) is 9.31. The first-order chi connectivity index (χ1) is 20.3. The van der Waals surface area contributed by atoms with Gasteiger partial charge in [0.1, 0.15) is 0 Å². The molecule has 0 amide bonds. The lowest BCUT2D eigenvalue weighted by molar-refractivity contribution is 0.936. The molecule has 0 unspecified atom stereocenters. The lowest BCUT2D eigenvalue weighted by Crippen LogP contribution is -2.20. The van der Waals surface area contributed by atoms with Crippen molar-refractivity contribution in [2.45, 2.75) is 16.3 Å². The quantitative estimate of drug-likeness (QED) is 0.221. The van der Waals surface area contributed by atoms with Gasteiger partial charge in [-0.1, -0.05) is 84.6 Å². The largest absolute Gasteiger partial charge is 0.335 e. The maximum absolute atomic E-state index is 5.25. The topological polar surface area (TPSA) is 41.9 Å². The molecule has 0 fully saturated rings. The Morgan fingerprint density at radius 3 is 1.61 bits per heavy atom. The predicted molar refractivity (Wildman–Crippen MR) is 169 cm³/mol. The van der Waals surface area contributed by atoms with Gasteiger partial charge in [-0.15, -0.1) is 0 Å². The van der Waals surface area contributed by atoms with E-state index in [1.807, 2.05) is 36.3 Å². The van der Waals surface area contributed by atoms with Crippen LogP contribution in [-0.2, 0) is 6.54 Å². The standard InChI is InChI=1S/C36H24N4S/c1-3-17-33-31(15-1)40(32-16-2-4-18-34(32)41-33)23-24-21-29(27-13-5-9-25-11-7-19-37-35(25)27)39-30(22-24)28-14-6-10-26-12-8-20-38-36(26)28/h1-22H,23H2. The Balaban J connectivity index is 1.34. The number of aromatic nitrogens is 3. The number of para-hydroxylation sites is 4. The van der Waals surface area contributed by atoms with Crippen LogP contribution >= 0.6 is 11.8 Å².